The highest BCUT2D eigenvalue weighted by molar-refractivity contribution is 6.23. The van der Waals surface area contributed by atoms with Crippen LogP contribution in [0.2, 0.25) is 0 Å². The summed E-state index contributed by atoms with van der Waals surface area (Å²) in [5.74, 6) is 1.87. The van der Waals surface area contributed by atoms with Gasteiger partial charge in [-0.3, -0.25) is 0 Å². The van der Waals surface area contributed by atoms with E-state index >= 15 is 0 Å². The van der Waals surface area contributed by atoms with Gasteiger partial charge < -0.3 is 0 Å². The minimum absolute atomic E-state index is 0.616. The zero-order valence-electron chi connectivity index (χ0n) is 30.3. The molecule has 56 heavy (non-hydrogen) atoms. The summed E-state index contributed by atoms with van der Waals surface area (Å²) >= 11 is 0. The molecule has 0 aliphatic heterocycles. The van der Waals surface area contributed by atoms with E-state index in [-0.39, 0.29) is 0 Å². The van der Waals surface area contributed by atoms with Crippen LogP contribution in [-0.2, 0) is 0 Å². The molecular formula is C52H32N4. The fraction of sp³-hybridized carbons (Fsp3) is 0. The third-order valence-electron chi connectivity index (χ3n) is 10.5. The second-order valence-corrected chi connectivity index (χ2v) is 13.9. The molecule has 1 aromatic heterocycles. The van der Waals surface area contributed by atoms with Crippen LogP contribution in [0.4, 0.5) is 5.69 Å². The lowest BCUT2D eigenvalue weighted by molar-refractivity contribution is 1.07. The smallest absolute Gasteiger partial charge is 0.187 e. The molecule has 0 radical (unpaired) electrons. The molecule has 0 spiro atoms. The summed E-state index contributed by atoms with van der Waals surface area (Å²) in [5, 5.41) is 7.09. The zero-order chi connectivity index (χ0) is 37.4. The van der Waals surface area contributed by atoms with Crippen molar-refractivity contribution in [1.82, 2.24) is 15.0 Å². The first-order chi connectivity index (χ1) is 27.7. The van der Waals surface area contributed by atoms with E-state index < -0.39 is 0 Å². The molecule has 0 saturated heterocycles. The van der Waals surface area contributed by atoms with Crippen molar-refractivity contribution in [3.63, 3.8) is 0 Å². The van der Waals surface area contributed by atoms with Crippen molar-refractivity contribution >= 4 is 38.0 Å². The van der Waals surface area contributed by atoms with Gasteiger partial charge in [-0.05, 0) is 90.0 Å². The van der Waals surface area contributed by atoms with Crippen molar-refractivity contribution in [2.75, 3.05) is 0 Å². The highest BCUT2D eigenvalue weighted by Crippen LogP contribution is 2.42. The zero-order valence-corrected chi connectivity index (χ0v) is 30.3. The Morgan fingerprint density at radius 2 is 0.696 bits per heavy atom. The molecule has 10 aromatic rings. The molecule has 1 heterocycles. The molecule has 0 amide bonds. The Balaban J connectivity index is 1.15. The summed E-state index contributed by atoms with van der Waals surface area (Å²) < 4.78 is 0. The highest BCUT2D eigenvalue weighted by atomic mass is 15.0. The summed E-state index contributed by atoms with van der Waals surface area (Å²) in [5.41, 5.74) is 10.1. The van der Waals surface area contributed by atoms with Crippen LogP contribution in [0.1, 0.15) is 0 Å². The SMILES string of the molecule is [C-]#[N+]c1ccc(-c2cc3c4ccccc4c(-c4cccc(-c5nc(-c6ccccc6)nc(-c6cccc(-c7ccccc7)c6)n5)c4)cc3c3ccccc23)cc1. The van der Waals surface area contributed by atoms with Gasteiger partial charge in [0.2, 0.25) is 0 Å². The van der Waals surface area contributed by atoms with Gasteiger partial charge in [0, 0.05) is 16.7 Å². The van der Waals surface area contributed by atoms with Gasteiger partial charge in [-0.1, -0.05) is 170 Å². The molecule has 4 heteroatoms. The van der Waals surface area contributed by atoms with Crippen molar-refractivity contribution in [3.8, 4) is 67.5 Å². The fourth-order valence-corrected chi connectivity index (χ4v) is 7.79. The van der Waals surface area contributed by atoms with Crippen molar-refractivity contribution in [2.24, 2.45) is 0 Å². The normalized spacial score (nSPS) is 11.2. The van der Waals surface area contributed by atoms with E-state index in [9.17, 15) is 0 Å². The van der Waals surface area contributed by atoms with Gasteiger partial charge in [0.1, 0.15) is 0 Å². The molecule has 0 saturated carbocycles. The minimum Gasteiger partial charge on any atom is -0.238 e. The number of nitrogens with zero attached hydrogens (tertiary/aromatic N) is 4. The largest absolute Gasteiger partial charge is 0.238 e. The lowest BCUT2D eigenvalue weighted by atomic mass is 9.87. The van der Waals surface area contributed by atoms with E-state index in [4.69, 9.17) is 21.5 Å². The number of fused-ring (bicyclic) bond motifs is 5. The van der Waals surface area contributed by atoms with Crippen molar-refractivity contribution in [3.05, 3.63) is 206 Å². The van der Waals surface area contributed by atoms with Crippen LogP contribution in [0.3, 0.4) is 0 Å². The Hall–Kier alpha value is -7.74. The third-order valence-corrected chi connectivity index (χ3v) is 10.5. The van der Waals surface area contributed by atoms with Gasteiger partial charge in [0.05, 0.1) is 6.57 Å². The summed E-state index contributed by atoms with van der Waals surface area (Å²) in [7, 11) is 0. The highest BCUT2D eigenvalue weighted by Gasteiger charge is 2.17. The van der Waals surface area contributed by atoms with Crippen LogP contribution < -0.4 is 0 Å². The summed E-state index contributed by atoms with van der Waals surface area (Å²) in [6, 6.07) is 67.3. The monoisotopic (exact) mass is 712 g/mol. The second-order valence-electron chi connectivity index (χ2n) is 13.9. The predicted octanol–water partition coefficient (Wildman–Crippen LogP) is 13.9. The van der Waals surface area contributed by atoms with Gasteiger partial charge in [0.15, 0.2) is 23.2 Å². The molecule has 0 aliphatic carbocycles. The quantitative estimate of drug-likeness (QED) is 0.127. The number of hydrogen-bond donors (Lipinski definition) is 0. The van der Waals surface area contributed by atoms with Gasteiger partial charge >= 0.3 is 0 Å². The molecule has 0 atom stereocenters. The number of rotatable bonds is 6. The maximum Gasteiger partial charge on any atom is 0.187 e. The Morgan fingerprint density at radius 3 is 1.25 bits per heavy atom. The molecule has 0 unspecified atom stereocenters. The fourth-order valence-electron chi connectivity index (χ4n) is 7.79. The lowest BCUT2D eigenvalue weighted by Crippen LogP contribution is -2.00. The average Bonchev–Trinajstić information content (AvgIpc) is 3.29. The Morgan fingerprint density at radius 1 is 0.286 bits per heavy atom. The molecule has 10 rings (SSSR count). The average molecular weight is 713 g/mol. The molecule has 0 aliphatic rings. The van der Waals surface area contributed by atoms with Crippen LogP contribution in [0.25, 0.3) is 105 Å². The Labute approximate surface area is 324 Å². The van der Waals surface area contributed by atoms with Crippen LogP contribution in [0, 0.1) is 6.57 Å². The van der Waals surface area contributed by atoms with Crippen molar-refractivity contribution < 1.29 is 0 Å². The summed E-state index contributed by atoms with van der Waals surface area (Å²) in [6.45, 7) is 7.44. The van der Waals surface area contributed by atoms with Crippen molar-refractivity contribution in [2.45, 2.75) is 0 Å². The molecule has 0 N–H and O–H groups in total. The Kier molecular flexibility index (Phi) is 8.17. The molecule has 0 fully saturated rings. The summed E-state index contributed by atoms with van der Waals surface area (Å²) in [6.07, 6.45) is 0. The Bertz CT molecular complexity index is 3130. The van der Waals surface area contributed by atoms with Crippen LogP contribution in [0.5, 0.6) is 0 Å². The standard InChI is InChI=1S/C52H32N4/c1-53-41-28-26-35(27-29-41)46-32-48-45-25-11-9-23-43(45)47(33-49(48)44-24-10-8-22-42(44)46)38-19-13-21-40(31-38)52-55-50(36-16-6-3-7-17-36)54-51(56-52)39-20-12-18-37(30-39)34-14-4-2-5-15-34/h2-33H. The number of benzene rings is 9. The molecule has 9 aromatic carbocycles. The predicted molar refractivity (Wildman–Crippen MR) is 231 cm³/mol. The van der Waals surface area contributed by atoms with Gasteiger partial charge in [-0.25, -0.2) is 19.8 Å². The van der Waals surface area contributed by atoms with E-state index in [1.165, 1.54) is 32.3 Å². The minimum atomic E-state index is 0.616. The molecule has 260 valence electrons. The number of aromatic nitrogens is 3. The lowest BCUT2D eigenvalue weighted by Gasteiger charge is -2.16. The first kappa shape index (κ1) is 32.9. The second kappa shape index (κ2) is 13.9. The topological polar surface area (TPSA) is 43.0 Å². The third kappa shape index (κ3) is 5.94. The van der Waals surface area contributed by atoms with E-state index in [0.29, 0.717) is 23.2 Å². The molecule has 4 nitrogen and oxygen atoms in total. The maximum atomic E-state index is 7.44. The van der Waals surface area contributed by atoms with E-state index in [1.54, 1.807) is 0 Å². The van der Waals surface area contributed by atoms with E-state index in [1.807, 2.05) is 48.5 Å². The van der Waals surface area contributed by atoms with Crippen LogP contribution >= 0.6 is 0 Å². The van der Waals surface area contributed by atoms with Crippen LogP contribution in [-0.4, -0.2) is 15.0 Å². The first-order valence-corrected chi connectivity index (χ1v) is 18.6. The first-order valence-electron chi connectivity index (χ1n) is 18.6. The summed E-state index contributed by atoms with van der Waals surface area (Å²) in [4.78, 5) is 18.8. The van der Waals surface area contributed by atoms with Gasteiger partial charge in [-0.2, -0.15) is 0 Å². The van der Waals surface area contributed by atoms with E-state index in [0.717, 1.165) is 50.1 Å². The van der Waals surface area contributed by atoms with E-state index in [2.05, 4.69) is 150 Å². The van der Waals surface area contributed by atoms with Crippen molar-refractivity contribution in [1.29, 1.82) is 0 Å². The van der Waals surface area contributed by atoms with Crippen LogP contribution in [0.15, 0.2) is 194 Å². The van der Waals surface area contributed by atoms with Gasteiger partial charge in [-0.15, -0.1) is 0 Å². The molecule has 0 bridgehead atoms. The maximum absolute atomic E-state index is 7.44. The molecular weight excluding hydrogens is 681 g/mol. The number of hydrogen-bond acceptors (Lipinski definition) is 3. The van der Waals surface area contributed by atoms with Gasteiger partial charge in [0.25, 0.3) is 0 Å².